The predicted molar refractivity (Wildman–Crippen MR) is 116 cm³/mol. The third-order valence-electron chi connectivity index (χ3n) is 5.71. The minimum absolute atomic E-state index is 0.229. The number of nitrogens with one attached hydrogen (secondary N) is 1. The fourth-order valence-corrected chi connectivity index (χ4v) is 4.33. The van der Waals surface area contributed by atoms with Gasteiger partial charge in [-0.05, 0) is 33.8 Å². The molecule has 6 nitrogen and oxygen atoms in total. The SMILES string of the molecule is O=[N+]([O-])CC(c1ccccc1)c1c(-c2ccccc2)[nH]c2cc3c(cc12)B(O)OC3. The lowest BCUT2D eigenvalue weighted by Crippen LogP contribution is -2.28. The molecule has 0 saturated carbocycles. The van der Waals surface area contributed by atoms with Gasteiger partial charge < -0.3 is 14.7 Å². The van der Waals surface area contributed by atoms with E-state index in [0.717, 1.165) is 44.3 Å². The number of nitro groups is 1. The first-order chi connectivity index (χ1) is 14.6. The lowest BCUT2D eigenvalue weighted by Gasteiger charge is -2.16. The highest BCUT2D eigenvalue weighted by atomic mass is 16.6. The van der Waals surface area contributed by atoms with E-state index in [1.807, 2.05) is 72.8 Å². The lowest BCUT2D eigenvalue weighted by atomic mass is 9.78. The van der Waals surface area contributed by atoms with Crippen LogP contribution in [0.3, 0.4) is 0 Å². The maximum absolute atomic E-state index is 11.6. The normalized spacial score (nSPS) is 14.1. The van der Waals surface area contributed by atoms with Gasteiger partial charge in [-0.15, -0.1) is 0 Å². The number of aromatic amines is 1. The number of fused-ring (bicyclic) bond motifs is 2. The topological polar surface area (TPSA) is 88.4 Å². The van der Waals surface area contributed by atoms with Crippen molar-refractivity contribution in [2.24, 2.45) is 0 Å². The lowest BCUT2D eigenvalue weighted by molar-refractivity contribution is -0.481. The number of aromatic nitrogens is 1. The number of hydrogen-bond donors (Lipinski definition) is 2. The van der Waals surface area contributed by atoms with E-state index in [2.05, 4.69) is 4.98 Å². The molecule has 0 aliphatic carbocycles. The van der Waals surface area contributed by atoms with Gasteiger partial charge >= 0.3 is 7.12 Å². The molecule has 30 heavy (non-hydrogen) atoms. The average Bonchev–Trinajstić information content (AvgIpc) is 3.32. The van der Waals surface area contributed by atoms with Crippen molar-refractivity contribution in [3.05, 3.63) is 99.6 Å². The Morgan fingerprint density at radius 2 is 1.80 bits per heavy atom. The van der Waals surface area contributed by atoms with Crippen LogP contribution in [0.4, 0.5) is 0 Å². The van der Waals surface area contributed by atoms with Gasteiger partial charge in [-0.1, -0.05) is 66.7 Å². The Morgan fingerprint density at radius 1 is 1.10 bits per heavy atom. The van der Waals surface area contributed by atoms with Crippen LogP contribution in [-0.4, -0.2) is 28.6 Å². The zero-order chi connectivity index (χ0) is 20.7. The van der Waals surface area contributed by atoms with Crippen LogP contribution < -0.4 is 5.46 Å². The van der Waals surface area contributed by atoms with Gasteiger partial charge in [0.1, 0.15) is 0 Å². The molecular weight excluding hydrogens is 379 g/mol. The number of hydrogen-bond acceptors (Lipinski definition) is 4. The van der Waals surface area contributed by atoms with Crippen LogP contribution in [0.2, 0.25) is 0 Å². The van der Waals surface area contributed by atoms with Crippen LogP contribution in [-0.2, 0) is 11.3 Å². The van der Waals surface area contributed by atoms with E-state index in [-0.39, 0.29) is 11.5 Å². The van der Waals surface area contributed by atoms with Crippen molar-refractivity contribution >= 4 is 23.5 Å². The standard InChI is InChI=1S/C23H19BN2O4/c27-24-20-12-18-21(11-17(20)14-30-24)25-23(16-9-5-2-6-10-16)22(18)19(13-26(28)29)15-7-3-1-4-8-15/h1-12,19,25,27H,13-14H2. The fourth-order valence-electron chi connectivity index (χ4n) is 4.33. The first-order valence-electron chi connectivity index (χ1n) is 9.82. The van der Waals surface area contributed by atoms with Crippen LogP contribution in [0.5, 0.6) is 0 Å². The second kappa shape index (κ2) is 7.44. The van der Waals surface area contributed by atoms with Gasteiger partial charge in [0.2, 0.25) is 6.54 Å². The maximum Gasteiger partial charge on any atom is 0.491 e. The molecule has 2 heterocycles. The molecule has 1 atom stereocenters. The van der Waals surface area contributed by atoms with Gasteiger partial charge in [0.15, 0.2) is 0 Å². The first-order valence-corrected chi connectivity index (χ1v) is 9.82. The highest BCUT2D eigenvalue weighted by molar-refractivity contribution is 6.61. The third kappa shape index (κ3) is 3.18. The Hall–Kier alpha value is -3.42. The Morgan fingerprint density at radius 3 is 2.50 bits per heavy atom. The quantitative estimate of drug-likeness (QED) is 0.306. The zero-order valence-corrected chi connectivity index (χ0v) is 16.1. The molecular formula is C23H19BN2O4. The van der Waals surface area contributed by atoms with E-state index in [1.165, 1.54) is 0 Å². The molecule has 4 aromatic rings. The molecule has 1 unspecified atom stereocenters. The number of nitrogens with zero attached hydrogens (tertiary/aromatic N) is 1. The zero-order valence-electron chi connectivity index (χ0n) is 16.1. The highest BCUT2D eigenvalue weighted by Crippen LogP contribution is 2.39. The van der Waals surface area contributed by atoms with Crippen molar-refractivity contribution in [3.63, 3.8) is 0 Å². The molecule has 3 aromatic carbocycles. The summed E-state index contributed by atoms with van der Waals surface area (Å²) in [5.74, 6) is -0.442. The minimum atomic E-state index is -0.974. The van der Waals surface area contributed by atoms with Crippen LogP contribution in [0.25, 0.3) is 22.2 Å². The van der Waals surface area contributed by atoms with Crippen LogP contribution in [0.1, 0.15) is 22.6 Å². The van der Waals surface area contributed by atoms with E-state index in [0.29, 0.717) is 6.61 Å². The summed E-state index contributed by atoms with van der Waals surface area (Å²) >= 11 is 0. The van der Waals surface area contributed by atoms with Crippen LogP contribution >= 0.6 is 0 Å². The van der Waals surface area contributed by atoms with Gasteiger partial charge in [-0.3, -0.25) is 10.1 Å². The number of rotatable bonds is 5. The molecule has 0 bridgehead atoms. The number of benzene rings is 3. The van der Waals surface area contributed by atoms with E-state index < -0.39 is 13.0 Å². The molecule has 0 saturated heterocycles. The summed E-state index contributed by atoms with van der Waals surface area (Å²) in [4.78, 5) is 14.9. The van der Waals surface area contributed by atoms with Gasteiger partial charge in [-0.25, -0.2) is 0 Å². The molecule has 5 rings (SSSR count). The van der Waals surface area contributed by atoms with Crippen molar-refractivity contribution in [1.29, 1.82) is 0 Å². The second-order valence-corrected chi connectivity index (χ2v) is 7.52. The van der Waals surface area contributed by atoms with Gasteiger partial charge in [0, 0.05) is 15.8 Å². The largest absolute Gasteiger partial charge is 0.491 e. The first kappa shape index (κ1) is 18.6. The fraction of sp³-hybridized carbons (Fsp3) is 0.130. The summed E-state index contributed by atoms with van der Waals surface area (Å²) in [6.45, 7) is 0.116. The Balaban J connectivity index is 1.81. The summed E-state index contributed by atoms with van der Waals surface area (Å²) < 4.78 is 5.36. The van der Waals surface area contributed by atoms with Crippen LogP contribution in [0, 0.1) is 10.1 Å². The summed E-state index contributed by atoms with van der Waals surface area (Å²) in [6, 6.07) is 23.3. The second-order valence-electron chi connectivity index (χ2n) is 7.52. The predicted octanol–water partition coefficient (Wildman–Crippen LogP) is 3.46. The van der Waals surface area contributed by atoms with Crippen molar-refractivity contribution < 1.29 is 14.6 Å². The van der Waals surface area contributed by atoms with Gasteiger partial charge in [0.25, 0.3) is 0 Å². The monoisotopic (exact) mass is 398 g/mol. The number of H-pyrrole nitrogens is 1. The molecule has 0 radical (unpaired) electrons. The van der Waals surface area contributed by atoms with Gasteiger partial charge in [0.05, 0.1) is 18.2 Å². The summed E-state index contributed by atoms with van der Waals surface area (Å²) in [5, 5.41) is 22.7. The Labute approximate surface area is 173 Å². The molecule has 1 aliphatic rings. The minimum Gasteiger partial charge on any atom is -0.423 e. The third-order valence-corrected chi connectivity index (χ3v) is 5.71. The van der Waals surface area contributed by atoms with Gasteiger partial charge in [-0.2, -0.15) is 0 Å². The summed E-state index contributed by atoms with van der Waals surface area (Å²) in [7, 11) is -0.974. The molecule has 1 aromatic heterocycles. The molecule has 1 aliphatic heterocycles. The molecule has 7 heteroatoms. The van der Waals surface area contributed by atoms with Crippen molar-refractivity contribution in [2.45, 2.75) is 12.5 Å². The van der Waals surface area contributed by atoms with Crippen molar-refractivity contribution in [3.8, 4) is 11.3 Å². The molecule has 148 valence electrons. The van der Waals surface area contributed by atoms with Crippen LogP contribution in [0.15, 0.2) is 72.8 Å². The van der Waals surface area contributed by atoms with Crippen molar-refractivity contribution in [1.82, 2.24) is 4.98 Å². The maximum atomic E-state index is 11.6. The molecule has 0 amide bonds. The smallest absolute Gasteiger partial charge is 0.423 e. The molecule has 0 fully saturated rings. The average molecular weight is 398 g/mol. The Bertz CT molecular complexity index is 1220. The Kier molecular flexibility index (Phi) is 4.61. The molecule has 2 N–H and O–H groups in total. The van der Waals surface area contributed by atoms with E-state index in [4.69, 9.17) is 4.65 Å². The van der Waals surface area contributed by atoms with Crippen molar-refractivity contribution in [2.75, 3.05) is 6.54 Å². The van der Waals surface area contributed by atoms with E-state index >= 15 is 0 Å². The van der Waals surface area contributed by atoms with E-state index in [9.17, 15) is 15.1 Å². The van der Waals surface area contributed by atoms with E-state index in [1.54, 1.807) is 0 Å². The summed E-state index contributed by atoms with van der Waals surface area (Å²) in [6.07, 6.45) is 0. The highest BCUT2D eigenvalue weighted by Gasteiger charge is 2.32. The summed E-state index contributed by atoms with van der Waals surface area (Å²) in [5.41, 5.74) is 6.09. The molecule has 0 spiro atoms.